The molecule has 0 saturated carbocycles. The van der Waals surface area contributed by atoms with E-state index in [1.54, 1.807) is 0 Å². The molecule has 2 nitrogen and oxygen atoms in total. The highest BCUT2D eigenvalue weighted by molar-refractivity contribution is 5.37. The van der Waals surface area contributed by atoms with Crippen molar-refractivity contribution in [3.63, 3.8) is 0 Å². The second-order valence-electron chi connectivity index (χ2n) is 5.77. The van der Waals surface area contributed by atoms with E-state index in [1.807, 2.05) is 0 Å². The number of rotatable bonds is 3. The Bertz CT molecular complexity index is 371. The Kier molecular flexibility index (Phi) is 2.83. The van der Waals surface area contributed by atoms with Crippen LogP contribution >= 0.6 is 0 Å². The van der Waals surface area contributed by atoms with Crippen molar-refractivity contribution in [3.05, 3.63) is 29.8 Å². The summed E-state index contributed by atoms with van der Waals surface area (Å²) in [7, 11) is 0. The molecule has 0 amide bonds. The van der Waals surface area contributed by atoms with Crippen LogP contribution in [-0.2, 0) is 6.42 Å². The van der Waals surface area contributed by atoms with E-state index >= 15 is 0 Å². The summed E-state index contributed by atoms with van der Waals surface area (Å²) in [6.45, 7) is 8.26. The monoisotopic (exact) mass is 231 g/mol. The molecule has 17 heavy (non-hydrogen) atoms. The normalized spacial score (nSPS) is 24.5. The molecule has 0 spiro atoms. The van der Waals surface area contributed by atoms with Crippen molar-refractivity contribution < 1.29 is 4.74 Å². The molecule has 1 atom stereocenters. The van der Waals surface area contributed by atoms with E-state index in [9.17, 15) is 0 Å². The van der Waals surface area contributed by atoms with Crippen LogP contribution < -0.4 is 4.74 Å². The molecular formula is C15H21NO. The summed E-state index contributed by atoms with van der Waals surface area (Å²) in [6, 6.07) is 8.42. The molecule has 1 unspecified atom stereocenters. The van der Waals surface area contributed by atoms with Gasteiger partial charge in [-0.25, -0.2) is 0 Å². The first kappa shape index (κ1) is 11.1. The predicted octanol–water partition coefficient (Wildman–Crippen LogP) is 2.58. The van der Waals surface area contributed by atoms with Crippen molar-refractivity contribution in [1.82, 2.24) is 4.90 Å². The first-order valence-corrected chi connectivity index (χ1v) is 6.69. The first-order valence-electron chi connectivity index (χ1n) is 6.69. The quantitative estimate of drug-likeness (QED) is 0.793. The second kappa shape index (κ2) is 4.34. The molecular weight excluding hydrogens is 210 g/mol. The average Bonchev–Trinajstić information content (AvgIpc) is 2.64. The molecule has 2 heteroatoms. The lowest BCUT2D eigenvalue weighted by Gasteiger charge is -2.42. The standard InChI is InChI=1S/C15H21NO/c1-11(2)13-8-16(9-13)10-14-7-12-5-3-4-6-15(12)17-14/h3-6,11,13-14H,7-10H2,1-2H3. The number of fused-ring (bicyclic) bond motifs is 1. The zero-order valence-corrected chi connectivity index (χ0v) is 10.7. The van der Waals surface area contributed by atoms with E-state index < -0.39 is 0 Å². The van der Waals surface area contributed by atoms with Crippen LogP contribution in [0.2, 0.25) is 0 Å². The zero-order valence-electron chi connectivity index (χ0n) is 10.7. The Morgan fingerprint density at radius 3 is 2.76 bits per heavy atom. The third-order valence-electron chi connectivity index (χ3n) is 4.10. The molecule has 0 radical (unpaired) electrons. The molecule has 3 rings (SSSR count). The van der Waals surface area contributed by atoms with Gasteiger partial charge in [0, 0.05) is 26.1 Å². The summed E-state index contributed by atoms with van der Waals surface area (Å²) in [5.74, 6) is 2.82. The van der Waals surface area contributed by atoms with Gasteiger partial charge in [-0.05, 0) is 23.5 Å². The van der Waals surface area contributed by atoms with Gasteiger partial charge in [-0.3, -0.25) is 4.90 Å². The second-order valence-corrected chi connectivity index (χ2v) is 5.77. The van der Waals surface area contributed by atoms with E-state index in [0.29, 0.717) is 6.10 Å². The highest BCUT2D eigenvalue weighted by atomic mass is 16.5. The average molecular weight is 231 g/mol. The van der Waals surface area contributed by atoms with E-state index in [2.05, 4.69) is 43.0 Å². The summed E-state index contributed by atoms with van der Waals surface area (Å²) in [4.78, 5) is 2.53. The molecule has 92 valence electrons. The predicted molar refractivity (Wildman–Crippen MR) is 69.3 cm³/mol. The summed E-state index contributed by atoms with van der Waals surface area (Å²) >= 11 is 0. The Labute approximate surface area is 104 Å². The van der Waals surface area contributed by atoms with Crippen molar-refractivity contribution >= 4 is 0 Å². The number of benzene rings is 1. The lowest BCUT2D eigenvalue weighted by atomic mass is 9.88. The van der Waals surface area contributed by atoms with Crippen LogP contribution in [0.1, 0.15) is 19.4 Å². The van der Waals surface area contributed by atoms with Crippen molar-refractivity contribution in [2.75, 3.05) is 19.6 Å². The van der Waals surface area contributed by atoms with Crippen LogP contribution in [0.4, 0.5) is 0 Å². The summed E-state index contributed by atoms with van der Waals surface area (Å²) in [6.07, 6.45) is 1.46. The molecule has 2 heterocycles. The maximum atomic E-state index is 5.97. The SMILES string of the molecule is CC(C)C1CN(CC2Cc3ccccc3O2)C1. The highest BCUT2D eigenvalue weighted by Gasteiger charge is 2.32. The van der Waals surface area contributed by atoms with Crippen LogP contribution in [0.5, 0.6) is 5.75 Å². The van der Waals surface area contributed by atoms with Crippen LogP contribution in [-0.4, -0.2) is 30.6 Å². The zero-order chi connectivity index (χ0) is 11.8. The fourth-order valence-electron chi connectivity index (χ4n) is 2.82. The van der Waals surface area contributed by atoms with E-state index in [0.717, 1.165) is 30.6 Å². The smallest absolute Gasteiger partial charge is 0.123 e. The maximum Gasteiger partial charge on any atom is 0.123 e. The van der Waals surface area contributed by atoms with Crippen LogP contribution in [0.25, 0.3) is 0 Å². The largest absolute Gasteiger partial charge is 0.488 e. The minimum absolute atomic E-state index is 0.375. The summed E-state index contributed by atoms with van der Waals surface area (Å²) in [5, 5.41) is 0. The van der Waals surface area contributed by atoms with Crippen LogP contribution in [0.15, 0.2) is 24.3 Å². The molecule has 1 aromatic rings. The van der Waals surface area contributed by atoms with Crippen molar-refractivity contribution in [1.29, 1.82) is 0 Å². The minimum Gasteiger partial charge on any atom is -0.488 e. The highest BCUT2D eigenvalue weighted by Crippen LogP contribution is 2.30. The molecule has 1 fully saturated rings. The molecule has 0 N–H and O–H groups in total. The molecule has 1 aromatic carbocycles. The maximum absolute atomic E-state index is 5.97. The molecule has 2 aliphatic heterocycles. The van der Waals surface area contributed by atoms with Crippen molar-refractivity contribution in [2.24, 2.45) is 11.8 Å². The first-order chi connectivity index (χ1) is 8.22. The van der Waals surface area contributed by atoms with Gasteiger partial charge in [0.15, 0.2) is 0 Å². The Hall–Kier alpha value is -1.02. The Morgan fingerprint density at radius 1 is 1.29 bits per heavy atom. The summed E-state index contributed by atoms with van der Waals surface area (Å²) < 4.78 is 5.97. The van der Waals surface area contributed by atoms with E-state index in [-0.39, 0.29) is 0 Å². The van der Waals surface area contributed by atoms with Crippen molar-refractivity contribution in [3.8, 4) is 5.75 Å². The molecule has 1 saturated heterocycles. The molecule has 0 aliphatic carbocycles. The molecule has 0 aromatic heterocycles. The topological polar surface area (TPSA) is 12.5 Å². The number of hydrogen-bond donors (Lipinski definition) is 0. The van der Waals surface area contributed by atoms with Gasteiger partial charge in [0.05, 0.1) is 0 Å². The summed E-state index contributed by atoms with van der Waals surface area (Å²) in [5.41, 5.74) is 1.37. The van der Waals surface area contributed by atoms with Crippen LogP contribution in [0, 0.1) is 11.8 Å². The van der Waals surface area contributed by atoms with Crippen LogP contribution in [0.3, 0.4) is 0 Å². The van der Waals surface area contributed by atoms with Gasteiger partial charge in [0.1, 0.15) is 11.9 Å². The van der Waals surface area contributed by atoms with Gasteiger partial charge in [-0.1, -0.05) is 32.0 Å². The van der Waals surface area contributed by atoms with Gasteiger partial charge in [-0.15, -0.1) is 0 Å². The number of likely N-dealkylation sites (tertiary alicyclic amines) is 1. The van der Waals surface area contributed by atoms with Gasteiger partial charge in [-0.2, -0.15) is 0 Å². The minimum atomic E-state index is 0.375. The van der Waals surface area contributed by atoms with Gasteiger partial charge >= 0.3 is 0 Å². The third kappa shape index (κ3) is 2.19. The fraction of sp³-hybridized carbons (Fsp3) is 0.600. The number of ether oxygens (including phenoxy) is 1. The number of para-hydroxylation sites is 1. The van der Waals surface area contributed by atoms with E-state index in [1.165, 1.54) is 18.7 Å². The number of nitrogens with zero attached hydrogens (tertiary/aromatic N) is 1. The third-order valence-corrected chi connectivity index (χ3v) is 4.10. The lowest BCUT2D eigenvalue weighted by molar-refractivity contribution is 0.0357. The van der Waals surface area contributed by atoms with Gasteiger partial charge in [0.25, 0.3) is 0 Å². The van der Waals surface area contributed by atoms with Gasteiger partial charge in [0.2, 0.25) is 0 Å². The van der Waals surface area contributed by atoms with Crippen molar-refractivity contribution in [2.45, 2.75) is 26.4 Å². The lowest BCUT2D eigenvalue weighted by Crippen LogP contribution is -2.52. The van der Waals surface area contributed by atoms with Gasteiger partial charge < -0.3 is 4.74 Å². The molecule has 0 bridgehead atoms. The van der Waals surface area contributed by atoms with E-state index in [4.69, 9.17) is 4.74 Å². The molecule has 2 aliphatic rings. The Balaban J connectivity index is 1.51. The Morgan fingerprint density at radius 2 is 2.06 bits per heavy atom. The number of hydrogen-bond acceptors (Lipinski definition) is 2. The fourth-order valence-corrected chi connectivity index (χ4v) is 2.82.